The number of aryl methyl sites for hydroxylation is 2. The first-order chi connectivity index (χ1) is 12.6. The molecule has 4 heterocycles. The topological polar surface area (TPSA) is 60.6 Å². The molecule has 0 amide bonds. The summed E-state index contributed by atoms with van der Waals surface area (Å²) in [6.07, 6.45) is 3.34. The van der Waals surface area contributed by atoms with E-state index in [-0.39, 0.29) is 11.7 Å². The summed E-state index contributed by atoms with van der Waals surface area (Å²) in [5, 5.41) is 4.12. The minimum absolute atomic E-state index is 0.0816. The third kappa shape index (κ3) is 4.14. The summed E-state index contributed by atoms with van der Waals surface area (Å²) < 4.78 is 17.5. The van der Waals surface area contributed by atoms with Gasteiger partial charge in [-0.2, -0.15) is 0 Å². The van der Waals surface area contributed by atoms with Gasteiger partial charge < -0.3 is 14.0 Å². The maximum absolute atomic E-state index is 6.25. The van der Waals surface area contributed by atoms with Gasteiger partial charge in [0.15, 0.2) is 0 Å². The third-order valence-corrected chi connectivity index (χ3v) is 5.27. The summed E-state index contributed by atoms with van der Waals surface area (Å²) in [5.74, 6) is 0.863. The largest absolute Gasteiger partial charge is 0.371 e. The van der Waals surface area contributed by atoms with Crippen molar-refractivity contribution in [2.24, 2.45) is 0 Å². The van der Waals surface area contributed by atoms with Crippen molar-refractivity contribution in [2.45, 2.75) is 58.0 Å². The van der Waals surface area contributed by atoms with Crippen molar-refractivity contribution in [3.05, 3.63) is 47.1 Å². The normalized spacial score (nSPS) is 26.6. The van der Waals surface area contributed by atoms with Gasteiger partial charge >= 0.3 is 0 Å². The number of pyridine rings is 1. The van der Waals surface area contributed by atoms with Crippen LogP contribution in [0.25, 0.3) is 0 Å². The van der Waals surface area contributed by atoms with Crippen LogP contribution < -0.4 is 0 Å². The summed E-state index contributed by atoms with van der Waals surface area (Å²) in [7, 11) is 0. The van der Waals surface area contributed by atoms with E-state index in [9.17, 15) is 0 Å². The fraction of sp³-hybridized carbons (Fsp3) is 0.600. The van der Waals surface area contributed by atoms with Crippen LogP contribution in [0.2, 0.25) is 0 Å². The summed E-state index contributed by atoms with van der Waals surface area (Å²) >= 11 is 0. The molecule has 26 heavy (non-hydrogen) atoms. The van der Waals surface area contributed by atoms with Crippen molar-refractivity contribution in [3.63, 3.8) is 0 Å². The van der Waals surface area contributed by atoms with Gasteiger partial charge in [-0.1, -0.05) is 11.2 Å². The Kier molecular flexibility index (Phi) is 5.07. The zero-order valence-corrected chi connectivity index (χ0v) is 15.6. The zero-order chi connectivity index (χ0) is 18.0. The molecule has 2 aromatic rings. The fourth-order valence-corrected chi connectivity index (χ4v) is 4.12. The van der Waals surface area contributed by atoms with E-state index in [1.54, 1.807) is 0 Å². The van der Waals surface area contributed by atoms with Crippen LogP contribution in [0.3, 0.4) is 0 Å². The molecular weight excluding hydrogens is 330 g/mol. The highest BCUT2D eigenvalue weighted by atomic mass is 16.6. The molecule has 2 fully saturated rings. The number of rotatable bonds is 5. The number of aromatic nitrogens is 2. The monoisotopic (exact) mass is 357 g/mol. The Labute approximate surface area is 154 Å². The summed E-state index contributed by atoms with van der Waals surface area (Å²) in [4.78, 5) is 6.93. The van der Waals surface area contributed by atoms with Gasteiger partial charge in [0.05, 0.1) is 36.3 Å². The van der Waals surface area contributed by atoms with Crippen LogP contribution in [0.15, 0.2) is 28.8 Å². The summed E-state index contributed by atoms with van der Waals surface area (Å²) in [6, 6.07) is 8.06. The van der Waals surface area contributed by atoms with E-state index in [0.29, 0.717) is 13.2 Å². The van der Waals surface area contributed by atoms with Gasteiger partial charge in [0, 0.05) is 31.3 Å². The second-order valence-corrected chi connectivity index (χ2v) is 7.64. The van der Waals surface area contributed by atoms with E-state index in [0.717, 1.165) is 61.7 Å². The molecule has 0 unspecified atom stereocenters. The third-order valence-electron chi connectivity index (χ3n) is 5.27. The van der Waals surface area contributed by atoms with Gasteiger partial charge in [-0.15, -0.1) is 0 Å². The lowest BCUT2D eigenvalue weighted by Crippen LogP contribution is -2.47. The molecular formula is C20H27N3O3. The Hall–Kier alpha value is -1.76. The predicted molar refractivity (Wildman–Crippen MR) is 96.6 cm³/mol. The van der Waals surface area contributed by atoms with E-state index in [1.807, 2.05) is 38.1 Å². The molecule has 0 bridgehead atoms. The van der Waals surface area contributed by atoms with Crippen molar-refractivity contribution >= 4 is 0 Å². The maximum atomic E-state index is 6.25. The van der Waals surface area contributed by atoms with Crippen molar-refractivity contribution in [1.82, 2.24) is 15.0 Å². The van der Waals surface area contributed by atoms with Crippen molar-refractivity contribution in [2.75, 3.05) is 19.7 Å². The SMILES string of the molecule is Cc1cccc(CO[C@H]2CO[C@@]3(CCCN(Cc4cc(C)on4)C3)C2)n1. The average molecular weight is 357 g/mol. The number of nitrogens with zero attached hydrogens (tertiary/aromatic N) is 3. The Balaban J connectivity index is 1.31. The molecule has 0 saturated carbocycles. The molecule has 0 aliphatic carbocycles. The Morgan fingerprint density at radius 2 is 2.23 bits per heavy atom. The van der Waals surface area contributed by atoms with Crippen LogP contribution >= 0.6 is 0 Å². The van der Waals surface area contributed by atoms with E-state index >= 15 is 0 Å². The minimum atomic E-state index is -0.0816. The van der Waals surface area contributed by atoms with Crippen LogP contribution in [0, 0.1) is 13.8 Å². The van der Waals surface area contributed by atoms with Gasteiger partial charge in [-0.3, -0.25) is 9.88 Å². The standard InChI is InChI=1S/C20H27N3O3/c1-15-5-3-6-17(21-15)12-24-19-10-20(25-13-19)7-4-8-23(14-20)11-18-9-16(2)26-22-18/h3,5-6,9,19H,4,7-8,10-14H2,1-2H3/t19-,20+/m1/s1. The first-order valence-electron chi connectivity index (χ1n) is 9.43. The first-order valence-corrected chi connectivity index (χ1v) is 9.43. The quantitative estimate of drug-likeness (QED) is 0.820. The van der Waals surface area contributed by atoms with Crippen LogP contribution in [0.5, 0.6) is 0 Å². The van der Waals surface area contributed by atoms with Gasteiger partial charge in [-0.25, -0.2) is 0 Å². The maximum Gasteiger partial charge on any atom is 0.133 e. The molecule has 4 rings (SSSR count). The van der Waals surface area contributed by atoms with Gasteiger partial charge in [0.25, 0.3) is 0 Å². The molecule has 0 radical (unpaired) electrons. The zero-order valence-electron chi connectivity index (χ0n) is 15.6. The number of likely N-dealkylation sites (tertiary alicyclic amines) is 1. The van der Waals surface area contributed by atoms with E-state index in [1.165, 1.54) is 0 Å². The Morgan fingerprint density at radius 3 is 3.04 bits per heavy atom. The van der Waals surface area contributed by atoms with Crippen LogP contribution in [-0.2, 0) is 22.6 Å². The number of piperidine rings is 1. The highest BCUT2D eigenvalue weighted by molar-refractivity contribution is 5.09. The highest BCUT2D eigenvalue weighted by Crippen LogP contribution is 2.36. The van der Waals surface area contributed by atoms with Gasteiger partial charge in [0.2, 0.25) is 0 Å². The number of hydrogen-bond donors (Lipinski definition) is 0. The lowest BCUT2D eigenvalue weighted by Gasteiger charge is -2.39. The molecule has 2 aliphatic rings. The fourth-order valence-electron chi connectivity index (χ4n) is 4.12. The molecule has 0 N–H and O–H groups in total. The number of ether oxygens (including phenoxy) is 2. The van der Waals surface area contributed by atoms with Crippen molar-refractivity contribution in [1.29, 1.82) is 0 Å². The van der Waals surface area contributed by atoms with Crippen LogP contribution in [-0.4, -0.2) is 46.4 Å². The second-order valence-electron chi connectivity index (χ2n) is 7.64. The highest BCUT2D eigenvalue weighted by Gasteiger charge is 2.44. The van der Waals surface area contributed by atoms with Crippen molar-refractivity contribution in [3.8, 4) is 0 Å². The molecule has 1 spiro atoms. The van der Waals surface area contributed by atoms with Gasteiger partial charge in [0.1, 0.15) is 5.76 Å². The van der Waals surface area contributed by atoms with Gasteiger partial charge in [-0.05, 0) is 45.4 Å². The second kappa shape index (κ2) is 7.47. The molecule has 2 saturated heterocycles. The lowest BCUT2D eigenvalue weighted by molar-refractivity contribution is -0.0552. The molecule has 2 aromatic heterocycles. The molecule has 0 aromatic carbocycles. The average Bonchev–Trinajstić information content (AvgIpc) is 3.20. The smallest absolute Gasteiger partial charge is 0.133 e. The Bertz CT molecular complexity index is 747. The van der Waals surface area contributed by atoms with Crippen LogP contribution in [0.1, 0.15) is 42.1 Å². The molecule has 6 nitrogen and oxygen atoms in total. The minimum Gasteiger partial charge on any atom is -0.371 e. The lowest BCUT2D eigenvalue weighted by atomic mass is 9.89. The Morgan fingerprint density at radius 1 is 1.31 bits per heavy atom. The molecule has 2 aliphatic heterocycles. The first kappa shape index (κ1) is 17.6. The number of hydrogen-bond acceptors (Lipinski definition) is 6. The molecule has 140 valence electrons. The molecule has 2 atom stereocenters. The van der Waals surface area contributed by atoms with Crippen LogP contribution in [0.4, 0.5) is 0 Å². The van der Waals surface area contributed by atoms with E-state index in [2.05, 4.69) is 15.0 Å². The van der Waals surface area contributed by atoms with E-state index in [4.69, 9.17) is 14.0 Å². The molecule has 6 heteroatoms. The summed E-state index contributed by atoms with van der Waals surface area (Å²) in [6.45, 7) is 7.98. The predicted octanol–water partition coefficient (Wildman–Crippen LogP) is 3.03. The summed E-state index contributed by atoms with van der Waals surface area (Å²) in [5.41, 5.74) is 2.92. The van der Waals surface area contributed by atoms with Crippen molar-refractivity contribution < 1.29 is 14.0 Å². The van der Waals surface area contributed by atoms with E-state index < -0.39 is 0 Å².